The standard InChI is InChI=1S/C54H42N2O6Si2/c1-7-10-13-16-19-22-25-28-31-34-39-50-60-64(61-51-40-35-32-29-26-23-20-17-14-11-8-2,62-52-41-36-33-30-27-24-21-18-15-12-9-3)54-43-38-45-56-48-46-55(47-49-56)44-37-42-53-63(57-4,58-5)59-6/h37-38,42-49,53-54H2,1-6H3. The molecule has 1 aliphatic rings. The molecule has 1 fully saturated rings. The van der Waals surface area contributed by atoms with Crippen LogP contribution in [0.25, 0.3) is 0 Å². The first kappa shape index (κ1) is 53.7. The quantitative estimate of drug-likeness (QED) is 0.134. The van der Waals surface area contributed by atoms with Gasteiger partial charge < -0.3 is 36.4 Å². The van der Waals surface area contributed by atoms with Crippen LogP contribution in [0.1, 0.15) is 46.5 Å². The molecular formula is C54H42N2O6Si2. The second kappa shape index (κ2) is 38.9. The van der Waals surface area contributed by atoms with E-state index in [2.05, 4.69) is 223 Å². The maximum atomic E-state index is 5.95. The molecule has 10 heteroatoms. The number of piperazine rings is 1. The average Bonchev–Trinajstić information content (AvgIpc) is 3.32. The van der Waals surface area contributed by atoms with Gasteiger partial charge in [0.25, 0.3) is 0 Å². The van der Waals surface area contributed by atoms with Crippen LogP contribution in [0.5, 0.6) is 0 Å². The number of hydrogen-bond acceptors (Lipinski definition) is 8. The summed E-state index contributed by atoms with van der Waals surface area (Å²) in [5.41, 5.74) is 0. The van der Waals surface area contributed by atoms with Crippen molar-refractivity contribution in [1.29, 1.82) is 0 Å². The van der Waals surface area contributed by atoms with Crippen LogP contribution >= 0.6 is 0 Å². The van der Waals surface area contributed by atoms with E-state index in [1.807, 2.05) is 0 Å². The van der Waals surface area contributed by atoms with E-state index >= 15 is 0 Å². The van der Waals surface area contributed by atoms with Crippen LogP contribution in [-0.2, 0) is 26.6 Å². The summed E-state index contributed by atoms with van der Waals surface area (Å²) in [6.45, 7) is 10.8. The van der Waals surface area contributed by atoms with Crippen molar-refractivity contribution < 1.29 is 26.6 Å². The highest BCUT2D eigenvalue weighted by Gasteiger charge is 2.48. The molecule has 0 saturated carbocycles. The summed E-state index contributed by atoms with van der Waals surface area (Å²) in [6.07, 6.45) is 11.2. The van der Waals surface area contributed by atoms with Gasteiger partial charge in [0.05, 0.1) is 6.04 Å². The van der Waals surface area contributed by atoms with E-state index in [9.17, 15) is 0 Å². The lowest BCUT2D eigenvalue weighted by atomic mass is 10.2. The Labute approximate surface area is 385 Å². The van der Waals surface area contributed by atoms with Gasteiger partial charge in [0.1, 0.15) is 18.3 Å². The summed E-state index contributed by atoms with van der Waals surface area (Å²) in [5, 5.41) is 0. The normalized spacial score (nSPS) is 9.66. The minimum atomic E-state index is -3.75. The van der Waals surface area contributed by atoms with Crippen LogP contribution < -0.4 is 0 Å². The van der Waals surface area contributed by atoms with E-state index < -0.39 is 17.6 Å². The van der Waals surface area contributed by atoms with Crippen molar-refractivity contribution >= 4 is 17.6 Å². The lowest BCUT2D eigenvalue weighted by Gasteiger charge is -2.35. The second-order valence-corrected chi connectivity index (χ2v) is 17.3. The predicted molar refractivity (Wildman–Crippen MR) is 254 cm³/mol. The van der Waals surface area contributed by atoms with Crippen molar-refractivity contribution in [3.05, 3.63) is 0 Å². The summed E-state index contributed by atoms with van der Waals surface area (Å²) in [7, 11) is -1.36. The monoisotopic (exact) mass is 870 g/mol. The minimum Gasteiger partial charge on any atom is -0.431 e. The SMILES string of the molecule is CC#CC#CC#CC#CC#CC#CO[Si](CCCCN1CCN(CCCC[Si](OC)(OC)OC)CC1)(OC#CC#CC#CC#CC#CC#CC)OC#CC#CC#CC#CC#CC#CC. The highest BCUT2D eigenvalue weighted by atomic mass is 28.4. The van der Waals surface area contributed by atoms with Crippen LogP contribution in [0.2, 0.25) is 12.1 Å². The highest BCUT2D eigenvalue weighted by Crippen LogP contribution is 2.20. The first-order chi connectivity index (χ1) is 31.5. The fourth-order valence-electron chi connectivity index (χ4n) is 4.69. The molecule has 1 heterocycles. The van der Waals surface area contributed by atoms with E-state index in [-0.39, 0.29) is 0 Å². The molecule has 0 radical (unpaired) electrons. The van der Waals surface area contributed by atoms with Crippen molar-refractivity contribution in [2.24, 2.45) is 0 Å². The van der Waals surface area contributed by atoms with E-state index in [1.165, 1.54) is 0 Å². The summed E-state index contributed by atoms with van der Waals surface area (Å²) in [4.78, 5) is 4.92. The van der Waals surface area contributed by atoms with E-state index in [1.54, 1.807) is 42.1 Å². The first-order valence-corrected chi connectivity index (χ1v) is 23.3. The summed E-state index contributed by atoms with van der Waals surface area (Å²) in [5.74, 6) is 85.2. The topological polar surface area (TPSA) is 61.9 Å². The van der Waals surface area contributed by atoms with Gasteiger partial charge in [-0.15, -0.1) is 0 Å². The number of hydrogen-bond donors (Lipinski definition) is 0. The van der Waals surface area contributed by atoms with Gasteiger partial charge in [-0.3, -0.25) is 0 Å². The number of rotatable bonds is 16. The molecule has 64 heavy (non-hydrogen) atoms. The molecular weight excluding hydrogens is 829 g/mol. The van der Waals surface area contributed by atoms with E-state index in [4.69, 9.17) is 26.6 Å². The molecule has 0 aromatic carbocycles. The van der Waals surface area contributed by atoms with Crippen LogP contribution in [0.4, 0.5) is 0 Å². The maximum Gasteiger partial charge on any atom is 0.725 e. The Bertz CT molecular complexity index is 2520. The lowest BCUT2D eigenvalue weighted by Crippen LogP contribution is -2.47. The zero-order chi connectivity index (χ0) is 46.3. The van der Waals surface area contributed by atoms with Gasteiger partial charge in [-0.2, -0.15) is 0 Å². The zero-order valence-corrected chi connectivity index (χ0v) is 38.8. The van der Waals surface area contributed by atoms with Gasteiger partial charge in [0.2, 0.25) is 0 Å². The molecule has 1 saturated heterocycles. The highest BCUT2D eigenvalue weighted by molar-refractivity contribution is 6.61. The third-order valence-corrected chi connectivity index (χ3v) is 12.7. The molecule has 8 nitrogen and oxygen atoms in total. The Kier molecular flexibility index (Phi) is 32.6. The smallest absolute Gasteiger partial charge is 0.431 e. The van der Waals surface area contributed by atoms with Crippen molar-refractivity contribution in [1.82, 2.24) is 9.80 Å². The molecule has 0 atom stereocenters. The fraction of sp³-hybridized carbons (Fsp3) is 0.333. The molecule has 0 bridgehead atoms. The third-order valence-electron chi connectivity index (χ3n) is 7.65. The van der Waals surface area contributed by atoms with Gasteiger partial charge in [-0.05, 0) is 148 Å². The van der Waals surface area contributed by atoms with Crippen molar-refractivity contribution in [3.8, 4) is 214 Å². The van der Waals surface area contributed by atoms with Gasteiger partial charge in [0, 0.05) is 142 Å². The maximum absolute atomic E-state index is 5.95. The Balaban J connectivity index is 3.24. The zero-order valence-electron chi connectivity index (χ0n) is 36.8. The lowest BCUT2D eigenvalue weighted by molar-refractivity contribution is 0.118. The van der Waals surface area contributed by atoms with Crippen LogP contribution in [0, 0.1) is 214 Å². The van der Waals surface area contributed by atoms with Crippen molar-refractivity contribution in [2.75, 3.05) is 60.6 Å². The minimum absolute atomic E-state index is 0.311. The average molecular weight is 871 g/mol. The summed E-state index contributed by atoms with van der Waals surface area (Å²) < 4.78 is 34.5. The second-order valence-electron chi connectivity index (χ2n) is 11.7. The molecule has 0 amide bonds. The van der Waals surface area contributed by atoms with Gasteiger partial charge in [-0.1, -0.05) is 17.8 Å². The largest absolute Gasteiger partial charge is 0.725 e. The molecule has 1 rings (SSSR count). The molecule has 312 valence electrons. The molecule has 1 aliphatic heterocycles. The first-order valence-electron chi connectivity index (χ1n) is 19.4. The molecule has 0 spiro atoms. The van der Waals surface area contributed by atoms with Crippen molar-refractivity contribution in [2.45, 2.75) is 58.5 Å². The number of unbranched alkanes of at least 4 members (excludes halogenated alkanes) is 2. The van der Waals surface area contributed by atoms with Gasteiger partial charge >= 0.3 is 17.6 Å². The molecule has 0 aromatic heterocycles. The Hall–Kier alpha value is -8.29. The van der Waals surface area contributed by atoms with E-state index in [0.717, 1.165) is 64.6 Å². The summed E-state index contributed by atoms with van der Waals surface area (Å²) in [6, 6.07) is 1.10. The Morgan fingerprint density at radius 2 is 0.547 bits per heavy atom. The third kappa shape index (κ3) is 29.0. The van der Waals surface area contributed by atoms with Crippen LogP contribution in [-0.4, -0.2) is 88.0 Å². The molecule has 0 N–H and O–H groups in total. The molecule has 0 aromatic rings. The predicted octanol–water partition coefficient (Wildman–Crippen LogP) is 3.02. The Morgan fingerprint density at radius 3 is 0.797 bits per heavy atom. The van der Waals surface area contributed by atoms with Gasteiger partial charge in [0.15, 0.2) is 0 Å². The van der Waals surface area contributed by atoms with Crippen LogP contribution in [0.15, 0.2) is 0 Å². The Morgan fingerprint density at radius 1 is 0.312 bits per heavy atom. The summed E-state index contributed by atoms with van der Waals surface area (Å²) >= 11 is 0. The van der Waals surface area contributed by atoms with Crippen molar-refractivity contribution in [3.63, 3.8) is 0 Å². The van der Waals surface area contributed by atoms with E-state index in [0.29, 0.717) is 12.5 Å². The van der Waals surface area contributed by atoms with Gasteiger partial charge in [-0.25, -0.2) is 0 Å². The number of nitrogens with zero attached hydrogens (tertiary/aromatic N) is 2. The fourth-order valence-corrected chi connectivity index (χ4v) is 8.22. The molecule has 0 aliphatic carbocycles. The molecule has 0 unspecified atom stereocenters. The van der Waals surface area contributed by atoms with Crippen LogP contribution in [0.3, 0.4) is 0 Å².